The maximum atomic E-state index is 13.3. The Kier molecular flexibility index (Phi) is 4.53. The van der Waals surface area contributed by atoms with Gasteiger partial charge in [-0.05, 0) is 29.8 Å². The van der Waals surface area contributed by atoms with Gasteiger partial charge in [0.1, 0.15) is 24.0 Å². The summed E-state index contributed by atoms with van der Waals surface area (Å²) in [6.45, 7) is -0.143. The van der Waals surface area contributed by atoms with Crippen molar-refractivity contribution >= 4 is 12.6 Å². The van der Waals surface area contributed by atoms with Crippen molar-refractivity contribution in [1.29, 1.82) is 5.26 Å². The second-order valence-electron chi connectivity index (χ2n) is 4.30. The van der Waals surface area contributed by atoms with Crippen LogP contribution in [-0.4, -0.2) is 17.2 Å². The van der Waals surface area contributed by atoms with Crippen LogP contribution in [0.4, 0.5) is 8.78 Å². The molecular weight excluding hydrogens is 279 g/mol. The Hall–Kier alpha value is -2.43. The fourth-order valence-corrected chi connectivity index (χ4v) is 1.81. The van der Waals surface area contributed by atoms with E-state index in [0.717, 1.165) is 18.2 Å². The van der Waals surface area contributed by atoms with Crippen LogP contribution in [0, 0.1) is 23.0 Å². The minimum Gasteiger partial charge on any atom is -0.489 e. The molecule has 2 aromatic rings. The van der Waals surface area contributed by atoms with Crippen LogP contribution in [-0.2, 0) is 6.61 Å². The predicted molar refractivity (Wildman–Crippen MR) is 71.7 cm³/mol. The van der Waals surface area contributed by atoms with Gasteiger partial charge in [0.2, 0.25) is 0 Å². The highest BCUT2D eigenvalue weighted by Gasteiger charge is 2.18. The molecule has 0 fully saturated rings. The SMILES string of the molecule is N#Cc1cc(F)cc(COc2cc(F)ccc2B(O)O)c1. The van der Waals surface area contributed by atoms with Gasteiger partial charge in [0.25, 0.3) is 0 Å². The van der Waals surface area contributed by atoms with Gasteiger partial charge in [-0.15, -0.1) is 0 Å². The van der Waals surface area contributed by atoms with Gasteiger partial charge >= 0.3 is 7.12 Å². The maximum Gasteiger partial charge on any atom is 0.492 e. The standard InChI is InChI=1S/C14H10BF2NO3/c16-11-1-2-13(15(19)20)14(6-11)21-8-10-3-9(7-18)4-12(17)5-10/h1-6,19-20H,8H2. The Morgan fingerprint density at radius 1 is 1.10 bits per heavy atom. The second-order valence-corrected chi connectivity index (χ2v) is 4.30. The molecule has 0 spiro atoms. The Bertz CT molecular complexity index is 701. The Morgan fingerprint density at radius 3 is 2.52 bits per heavy atom. The molecule has 2 aromatic carbocycles. The first-order valence-electron chi connectivity index (χ1n) is 5.97. The van der Waals surface area contributed by atoms with Crippen LogP contribution in [0.5, 0.6) is 5.75 Å². The van der Waals surface area contributed by atoms with E-state index in [1.165, 1.54) is 18.2 Å². The van der Waals surface area contributed by atoms with Crippen LogP contribution in [0.25, 0.3) is 0 Å². The molecule has 2 N–H and O–H groups in total. The molecule has 0 aliphatic rings. The third-order valence-corrected chi connectivity index (χ3v) is 2.73. The molecular formula is C14H10BF2NO3. The van der Waals surface area contributed by atoms with E-state index in [4.69, 9.17) is 20.0 Å². The van der Waals surface area contributed by atoms with Gasteiger partial charge < -0.3 is 14.8 Å². The Morgan fingerprint density at radius 2 is 1.86 bits per heavy atom. The fraction of sp³-hybridized carbons (Fsp3) is 0.0714. The monoisotopic (exact) mass is 289 g/mol. The van der Waals surface area contributed by atoms with Gasteiger partial charge in [0.05, 0.1) is 11.6 Å². The molecule has 0 aliphatic heterocycles. The largest absolute Gasteiger partial charge is 0.492 e. The molecule has 7 heteroatoms. The van der Waals surface area contributed by atoms with Gasteiger partial charge in [-0.2, -0.15) is 5.26 Å². The lowest BCUT2D eigenvalue weighted by Crippen LogP contribution is -2.31. The van der Waals surface area contributed by atoms with Crippen molar-refractivity contribution in [3.05, 3.63) is 59.2 Å². The van der Waals surface area contributed by atoms with E-state index < -0.39 is 18.8 Å². The van der Waals surface area contributed by atoms with Crippen molar-refractivity contribution in [2.75, 3.05) is 0 Å². The number of benzene rings is 2. The van der Waals surface area contributed by atoms with Crippen LogP contribution in [0.2, 0.25) is 0 Å². The first-order valence-corrected chi connectivity index (χ1v) is 5.97. The fourth-order valence-electron chi connectivity index (χ4n) is 1.81. The number of hydrogen-bond donors (Lipinski definition) is 2. The summed E-state index contributed by atoms with van der Waals surface area (Å²) in [5.41, 5.74) is 0.498. The van der Waals surface area contributed by atoms with Crippen LogP contribution in [0.15, 0.2) is 36.4 Å². The maximum absolute atomic E-state index is 13.3. The van der Waals surface area contributed by atoms with E-state index in [2.05, 4.69) is 0 Å². The summed E-state index contributed by atoms with van der Waals surface area (Å²) in [6, 6.07) is 8.74. The minimum absolute atomic E-state index is 0.00619. The lowest BCUT2D eigenvalue weighted by atomic mass is 9.79. The highest BCUT2D eigenvalue weighted by molar-refractivity contribution is 6.59. The van der Waals surface area contributed by atoms with E-state index in [1.54, 1.807) is 0 Å². The van der Waals surface area contributed by atoms with Crippen LogP contribution < -0.4 is 10.2 Å². The molecule has 0 aromatic heterocycles. The molecule has 0 bridgehead atoms. The molecule has 106 valence electrons. The molecule has 0 amide bonds. The van der Waals surface area contributed by atoms with E-state index in [9.17, 15) is 8.78 Å². The quantitative estimate of drug-likeness (QED) is 0.826. The number of ether oxygens (including phenoxy) is 1. The number of rotatable bonds is 4. The number of nitrogens with zero attached hydrogens (tertiary/aromatic N) is 1. The number of nitriles is 1. The van der Waals surface area contributed by atoms with Crippen molar-refractivity contribution in [2.24, 2.45) is 0 Å². The van der Waals surface area contributed by atoms with Crippen molar-refractivity contribution < 1.29 is 23.6 Å². The molecule has 0 radical (unpaired) electrons. The van der Waals surface area contributed by atoms with Gasteiger partial charge in [-0.1, -0.05) is 6.07 Å². The van der Waals surface area contributed by atoms with E-state index in [0.29, 0.717) is 5.56 Å². The molecule has 4 nitrogen and oxygen atoms in total. The summed E-state index contributed by atoms with van der Waals surface area (Å²) in [5, 5.41) is 27.1. The third kappa shape index (κ3) is 3.78. The highest BCUT2D eigenvalue weighted by atomic mass is 19.1. The molecule has 0 atom stereocenters. The van der Waals surface area contributed by atoms with E-state index >= 15 is 0 Å². The molecule has 0 heterocycles. The summed E-state index contributed by atoms with van der Waals surface area (Å²) < 4.78 is 31.7. The molecule has 0 saturated carbocycles. The molecule has 2 rings (SSSR count). The molecule has 21 heavy (non-hydrogen) atoms. The van der Waals surface area contributed by atoms with E-state index in [1.807, 2.05) is 6.07 Å². The highest BCUT2D eigenvalue weighted by Crippen LogP contribution is 2.15. The zero-order chi connectivity index (χ0) is 15.4. The lowest BCUT2D eigenvalue weighted by Gasteiger charge is -2.11. The van der Waals surface area contributed by atoms with Gasteiger partial charge in [0.15, 0.2) is 0 Å². The summed E-state index contributed by atoms with van der Waals surface area (Å²) in [7, 11) is -1.82. The van der Waals surface area contributed by atoms with E-state index in [-0.39, 0.29) is 23.4 Å². The minimum atomic E-state index is -1.82. The van der Waals surface area contributed by atoms with Gasteiger partial charge in [0, 0.05) is 11.5 Å². The second kappa shape index (κ2) is 6.35. The Balaban J connectivity index is 2.22. The van der Waals surface area contributed by atoms with Gasteiger partial charge in [-0.3, -0.25) is 0 Å². The topological polar surface area (TPSA) is 73.5 Å². The van der Waals surface area contributed by atoms with Crippen LogP contribution in [0.3, 0.4) is 0 Å². The zero-order valence-corrected chi connectivity index (χ0v) is 10.8. The molecule has 0 aliphatic carbocycles. The normalized spacial score (nSPS) is 10.0. The summed E-state index contributed by atoms with van der Waals surface area (Å²) >= 11 is 0. The lowest BCUT2D eigenvalue weighted by molar-refractivity contribution is 0.304. The Labute approximate surface area is 120 Å². The van der Waals surface area contributed by atoms with Crippen LogP contribution >= 0.6 is 0 Å². The molecule has 0 unspecified atom stereocenters. The average Bonchev–Trinajstić information content (AvgIpc) is 2.44. The first kappa shape index (κ1) is 15.0. The zero-order valence-electron chi connectivity index (χ0n) is 10.8. The van der Waals surface area contributed by atoms with Gasteiger partial charge in [-0.25, -0.2) is 8.78 Å². The van der Waals surface area contributed by atoms with Crippen molar-refractivity contribution in [3.63, 3.8) is 0 Å². The average molecular weight is 289 g/mol. The van der Waals surface area contributed by atoms with Crippen molar-refractivity contribution in [2.45, 2.75) is 6.61 Å². The number of hydrogen-bond acceptors (Lipinski definition) is 4. The summed E-state index contributed by atoms with van der Waals surface area (Å²) in [4.78, 5) is 0. The summed E-state index contributed by atoms with van der Waals surface area (Å²) in [5.74, 6) is -1.26. The summed E-state index contributed by atoms with van der Waals surface area (Å²) in [6.07, 6.45) is 0. The number of halogens is 2. The predicted octanol–water partition coefficient (Wildman–Crippen LogP) is 1.10. The third-order valence-electron chi connectivity index (χ3n) is 2.73. The van der Waals surface area contributed by atoms with Crippen molar-refractivity contribution in [3.8, 4) is 11.8 Å². The molecule has 0 saturated heterocycles. The van der Waals surface area contributed by atoms with Crippen LogP contribution in [0.1, 0.15) is 11.1 Å². The smallest absolute Gasteiger partial charge is 0.489 e. The first-order chi connectivity index (χ1) is 9.99. The van der Waals surface area contributed by atoms with Crippen molar-refractivity contribution in [1.82, 2.24) is 0 Å².